The number of rotatable bonds is 5. The first-order chi connectivity index (χ1) is 9.54. The summed E-state index contributed by atoms with van der Waals surface area (Å²) < 4.78 is 5.93. The molecule has 2 heteroatoms. The Morgan fingerprint density at radius 2 is 1.90 bits per heavy atom. The summed E-state index contributed by atoms with van der Waals surface area (Å²) in [6.07, 6.45) is 1.37. The molecule has 0 radical (unpaired) electrons. The average Bonchev–Trinajstić information content (AvgIpc) is 2.38. The highest BCUT2D eigenvalue weighted by molar-refractivity contribution is 5.30. The predicted molar refractivity (Wildman–Crippen MR) is 85.4 cm³/mol. The summed E-state index contributed by atoms with van der Waals surface area (Å²) in [5, 5.41) is 0. The van der Waals surface area contributed by atoms with Gasteiger partial charge in [-0.15, -0.1) is 0 Å². The molecule has 1 aliphatic heterocycles. The molecule has 1 aliphatic rings. The van der Waals surface area contributed by atoms with Crippen LogP contribution in [0.1, 0.15) is 45.6 Å². The molecule has 2 atom stereocenters. The minimum Gasteiger partial charge on any atom is -0.492 e. The number of ether oxygens (including phenoxy) is 1. The van der Waals surface area contributed by atoms with Crippen LogP contribution in [0.15, 0.2) is 24.3 Å². The van der Waals surface area contributed by atoms with Gasteiger partial charge < -0.3 is 4.74 Å². The summed E-state index contributed by atoms with van der Waals surface area (Å²) in [6, 6.07) is 8.50. The lowest BCUT2D eigenvalue weighted by molar-refractivity contribution is 0.120. The lowest BCUT2D eigenvalue weighted by atomic mass is 9.92. The molecule has 0 spiro atoms. The summed E-state index contributed by atoms with van der Waals surface area (Å²) in [5.74, 6) is 3.21. The van der Waals surface area contributed by atoms with Gasteiger partial charge in [0.05, 0.1) is 0 Å². The molecule has 20 heavy (non-hydrogen) atoms. The van der Waals surface area contributed by atoms with Crippen LogP contribution in [-0.4, -0.2) is 31.1 Å². The van der Waals surface area contributed by atoms with Gasteiger partial charge in [-0.25, -0.2) is 0 Å². The van der Waals surface area contributed by atoms with Crippen LogP contribution < -0.4 is 4.74 Å². The zero-order chi connectivity index (χ0) is 14.5. The van der Waals surface area contributed by atoms with E-state index in [9.17, 15) is 0 Å². The topological polar surface area (TPSA) is 12.5 Å². The Balaban J connectivity index is 1.79. The van der Waals surface area contributed by atoms with E-state index in [1.54, 1.807) is 0 Å². The van der Waals surface area contributed by atoms with Crippen molar-refractivity contribution in [2.45, 2.75) is 40.0 Å². The number of hydrogen-bond acceptors (Lipinski definition) is 2. The van der Waals surface area contributed by atoms with Crippen molar-refractivity contribution < 1.29 is 4.74 Å². The molecule has 1 heterocycles. The fraction of sp³-hybridized carbons (Fsp3) is 0.667. The molecule has 1 aromatic carbocycles. The fourth-order valence-corrected chi connectivity index (χ4v) is 3.23. The van der Waals surface area contributed by atoms with Crippen molar-refractivity contribution in [2.75, 3.05) is 26.2 Å². The molecule has 1 aromatic rings. The first kappa shape index (κ1) is 15.4. The van der Waals surface area contributed by atoms with Gasteiger partial charge >= 0.3 is 0 Å². The van der Waals surface area contributed by atoms with Crippen molar-refractivity contribution in [1.29, 1.82) is 0 Å². The summed E-state index contributed by atoms with van der Waals surface area (Å²) in [6.45, 7) is 13.4. The zero-order valence-electron chi connectivity index (χ0n) is 13.4. The molecule has 2 rings (SSSR count). The summed E-state index contributed by atoms with van der Waals surface area (Å²) in [7, 11) is 0. The third-order valence-electron chi connectivity index (χ3n) is 4.15. The Labute approximate surface area is 124 Å². The quantitative estimate of drug-likeness (QED) is 0.800. The maximum Gasteiger partial charge on any atom is 0.119 e. The summed E-state index contributed by atoms with van der Waals surface area (Å²) in [4.78, 5) is 2.55. The van der Waals surface area contributed by atoms with E-state index >= 15 is 0 Å². The average molecular weight is 275 g/mol. The highest BCUT2D eigenvalue weighted by atomic mass is 16.5. The molecule has 1 saturated heterocycles. The standard InChI is InChI=1S/C18H29NO/c1-14(2)17-6-5-7-18(11-17)20-9-8-19-12-15(3)10-16(4)13-19/h5-7,11,14-16H,8-10,12-13H2,1-4H3. The Morgan fingerprint density at radius 1 is 1.20 bits per heavy atom. The van der Waals surface area contributed by atoms with Crippen molar-refractivity contribution in [3.05, 3.63) is 29.8 Å². The van der Waals surface area contributed by atoms with E-state index in [0.29, 0.717) is 5.92 Å². The molecule has 2 nitrogen and oxygen atoms in total. The molecular formula is C18H29NO. The van der Waals surface area contributed by atoms with E-state index in [0.717, 1.165) is 30.7 Å². The highest BCUT2D eigenvalue weighted by Crippen LogP contribution is 2.22. The lowest BCUT2D eigenvalue weighted by Crippen LogP contribution is -2.40. The van der Waals surface area contributed by atoms with E-state index in [-0.39, 0.29) is 0 Å². The van der Waals surface area contributed by atoms with Gasteiger partial charge in [-0.3, -0.25) is 4.90 Å². The fourth-order valence-electron chi connectivity index (χ4n) is 3.23. The Hall–Kier alpha value is -1.02. The molecule has 2 unspecified atom stereocenters. The SMILES string of the molecule is CC1CC(C)CN(CCOc2cccc(C(C)C)c2)C1. The molecule has 0 aliphatic carbocycles. The number of hydrogen-bond donors (Lipinski definition) is 0. The van der Waals surface area contributed by atoms with Crippen LogP contribution in [0.25, 0.3) is 0 Å². The molecule has 1 fully saturated rings. The van der Waals surface area contributed by atoms with Crippen molar-refractivity contribution in [3.8, 4) is 5.75 Å². The Bertz CT molecular complexity index is 406. The van der Waals surface area contributed by atoms with E-state index in [2.05, 4.69) is 56.9 Å². The van der Waals surface area contributed by atoms with Crippen molar-refractivity contribution in [1.82, 2.24) is 4.90 Å². The van der Waals surface area contributed by atoms with Crippen LogP contribution in [0.3, 0.4) is 0 Å². The second-order valence-corrected chi connectivity index (χ2v) is 6.78. The van der Waals surface area contributed by atoms with Gasteiger partial charge in [-0.2, -0.15) is 0 Å². The van der Waals surface area contributed by atoms with Gasteiger partial charge in [0.25, 0.3) is 0 Å². The van der Waals surface area contributed by atoms with Crippen LogP contribution in [0.5, 0.6) is 5.75 Å². The van der Waals surface area contributed by atoms with Gasteiger partial charge in [-0.05, 0) is 41.9 Å². The van der Waals surface area contributed by atoms with Crippen LogP contribution in [0.4, 0.5) is 0 Å². The monoisotopic (exact) mass is 275 g/mol. The van der Waals surface area contributed by atoms with E-state index in [1.165, 1.54) is 25.1 Å². The van der Waals surface area contributed by atoms with E-state index in [1.807, 2.05) is 0 Å². The van der Waals surface area contributed by atoms with Crippen molar-refractivity contribution in [2.24, 2.45) is 11.8 Å². The van der Waals surface area contributed by atoms with Crippen molar-refractivity contribution >= 4 is 0 Å². The second kappa shape index (κ2) is 7.12. The highest BCUT2D eigenvalue weighted by Gasteiger charge is 2.21. The number of benzene rings is 1. The van der Waals surface area contributed by atoms with E-state index in [4.69, 9.17) is 4.74 Å². The van der Waals surface area contributed by atoms with Gasteiger partial charge in [0, 0.05) is 19.6 Å². The first-order valence-electron chi connectivity index (χ1n) is 7.99. The minimum atomic E-state index is 0.558. The van der Waals surface area contributed by atoms with Crippen LogP contribution >= 0.6 is 0 Å². The molecule has 0 N–H and O–H groups in total. The molecule has 0 aromatic heterocycles. The van der Waals surface area contributed by atoms with Gasteiger partial charge in [0.15, 0.2) is 0 Å². The maximum absolute atomic E-state index is 5.93. The number of nitrogens with zero attached hydrogens (tertiary/aromatic N) is 1. The Morgan fingerprint density at radius 3 is 2.55 bits per heavy atom. The third kappa shape index (κ3) is 4.52. The summed E-state index contributed by atoms with van der Waals surface area (Å²) in [5.41, 5.74) is 1.35. The van der Waals surface area contributed by atoms with Gasteiger partial charge in [0.2, 0.25) is 0 Å². The minimum absolute atomic E-state index is 0.558. The van der Waals surface area contributed by atoms with Gasteiger partial charge in [0.1, 0.15) is 12.4 Å². The van der Waals surface area contributed by atoms with Crippen LogP contribution in [0, 0.1) is 11.8 Å². The second-order valence-electron chi connectivity index (χ2n) is 6.78. The molecule has 112 valence electrons. The normalized spacial score (nSPS) is 24.1. The maximum atomic E-state index is 5.93. The lowest BCUT2D eigenvalue weighted by Gasteiger charge is -2.34. The molecule has 0 amide bonds. The third-order valence-corrected chi connectivity index (χ3v) is 4.15. The smallest absolute Gasteiger partial charge is 0.119 e. The summed E-state index contributed by atoms with van der Waals surface area (Å²) >= 11 is 0. The van der Waals surface area contributed by atoms with Crippen LogP contribution in [0.2, 0.25) is 0 Å². The first-order valence-corrected chi connectivity index (χ1v) is 7.99. The zero-order valence-corrected chi connectivity index (χ0v) is 13.4. The number of piperidine rings is 1. The molecular weight excluding hydrogens is 246 g/mol. The molecule has 0 saturated carbocycles. The van der Waals surface area contributed by atoms with E-state index < -0.39 is 0 Å². The molecule has 0 bridgehead atoms. The predicted octanol–water partition coefficient (Wildman–Crippen LogP) is 4.17. The number of likely N-dealkylation sites (tertiary alicyclic amines) is 1. The largest absolute Gasteiger partial charge is 0.492 e. The van der Waals surface area contributed by atoms with Crippen molar-refractivity contribution in [3.63, 3.8) is 0 Å². The van der Waals surface area contributed by atoms with Crippen LogP contribution in [-0.2, 0) is 0 Å². The Kier molecular flexibility index (Phi) is 5.47. The van der Waals surface area contributed by atoms with Gasteiger partial charge in [-0.1, -0.05) is 39.8 Å².